The molecular weight excluding hydrogens is 1090 g/mol. The summed E-state index contributed by atoms with van der Waals surface area (Å²) in [4.78, 5) is 66.6. The minimum absolute atomic E-state index is 0.0992. The van der Waals surface area contributed by atoms with Crippen molar-refractivity contribution in [2.75, 3.05) is 49.2 Å². The fourth-order valence-electron chi connectivity index (χ4n) is 8.06. The average molecular weight is 1140 g/mol. The van der Waals surface area contributed by atoms with E-state index in [9.17, 15) is 27.0 Å². The molecule has 75 heavy (non-hydrogen) atoms. The molecule has 3 aromatic carbocycles. The number of carbonyl (C=O) groups is 3. The lowest BCUT2D eigenvalue weighted by atomic mass is 10.2. The predicted molar refractivity (Wildman–Crippen MR) is 291 cm³/mol. The molecule has 0 bridgehead atoms. The van der Waals surface area contributed by atoms with Crippen molar-refractivity contribution in [2.24, 2.45) is 0 Å². The zero-order valence-electron chi connectivity index (χ0n) is 41.0. The molecule has 6 heterocycles. The van der Waals surface area contributed by atoms with Crippen molar-refractivity contribution in [3.63, 3.8) is 0 Å². The molecule has 9 rings (SSSR count). The number of nitrogen functional groups attached to an aromatic ring is 3. The molecule has 3 atom stereocenters. The van der Waals surface area contributed by atoms with E-state index in [0.717, 1.165) is 16.7 Å². The van der Waals surface area contributed by atoms with Crippen molar-refractivity contribution in [3.05, 3.63) is 121 Å². The number of nitrogens with one attached hydrogen (secondary N) is 3. The summed E-state index contributed by atoms with van der Waals surface area (Å²) in [7, 11) is -9.39. The lowest BCUT2D eigenvalue weighted by molar-refractivity contribution is -0.118. The van der Waals surface area contributed by atoms with Crippen LogP contribution in [0.4, 0.5) is 34.9 Å². The Labute approximate surface area is 449 Å². The Bertz CT molecular complexity index is 3150. The van der Waals surface area contributed by atoms with Gasteiger partial charge in [0.1, 0.15) is 64.1 Å². The maximum absolute atomic E-state index is 12.5. The molecule has 1 unspecified atom stereocenters. The molecule has 0 saturated heterocycles. The number of aromatic nitrogens is 6. The molecule has 0 spiro atoms. The minimum atomic E-state index is -3.13. The lowest BCUT2D eigenvalue weighted by Gasteiger charge is -2.17. The monoisotopic (exact) mass is 1140 g/mol. The number of hydrogen-bond acceptors (Lipinski definition) is 18. The highest BCUT2D eigenvalue weighted by atomic mass is 35.5. The number of nitrogens with two attached hydrogens (primary N) is 3. The van der Waals surface area contributed by atoms with E-state index < -0.39 is 29.2 Å². The second kappa shape index (κ2) is 23.1. The van der Waals surface area contributed by atoms with Gasteiger partial charge in [-0.05, 0) is 72.4 Å². The van der Waals surface area contributed by atoms with Crippen LogP contribution in [0, 0.1) is 14.3 Å². The first-order valence-electron chi connectivity index (χ1n) is 23.4. The molecule has 0 radical (unpaired) electrons. The number of rotatable bonds is 15. The second-order valence-corrected chi connectivity index (χ2v) is 25.2. The Morgan fingerprint density at radius 2 is 0.667 bits per heavy atom. The Kier molecular flexibility index (Phi) is 17.3. The van der Waals surface area contributed by atoms with E-state index in [1.54, 1.807) is 36.4 Å². The Hall–Kier alpha value is -6.57. The molecule has 3 amide bonds. The summed E-state index contributed by atoms with van der Waals surface area (Å²) in [6.07, 6.45) is 1.99. The van der Waals surface area contributed by atoms with Gasteiger partial charge in [-0.2, -0.15) is 0 Å². The highest BCUT2D eigenvalue weighted by Crippen LogP contribution is 2.36. The molecule has 3 aromatic heterocycles. The average Bonchev–Trinajstić information content (AvgIpc) is 3.97. The van der Waals surface area contributed by atoms with E-state index in [4.69, 9.17) is 66.3 Å². The van der Waals surface area contributed by atoms with Crippen LogP contribution in [0.1, 0.15) is 73.4 Å². The Morgan fingerprint density at radius 1 is 0.440 bits per heavy atom. The predicted octanol–water partition coefficient (Wildman–Crippen LogP) is 7.85. The number of benzene rings is 3. The van der Waals surface area contributed by atoms with Crippen LogP contribution >= 0.6 is 34.8 Å². The highest BCUT2D eigenvalue weighted by molar-refractivity contribution is 7.92. The van der Waals surface area contributed by atoms with Gasteiger partial charge < -0.3 is 17.2 Å². The molecule has 6 aromatic rings. The van der Waals surface area contributed by atoms with Gasteiger partial charge in [0.2, 0.25) is 33.2 Å². The zero-order chi connectivity index (χ0) is 54.6. The van der Waals surface area contributed by atoms with Crippen LogP contribution in [0.25, 0.3) is 0 Å². The first kappa shape index (κ1) is 56.2. The third kappa shape index (κ3) is 12.9. The number of fused-ring (bicyclic) bond motifs is 3. The van der Waals surface area contributed by atoms with Gasteiger partial charge in [0.15, 0.2) is 0 Å². The van der Waals surface area contributed by atoms with Gasteiger partial charge in [-0.25, -0.2) is 56.9 Å². The fraction of sp³-hybridized carbons (Fsp3) is 0.312. The summed E-state index contributed by atoms with van der Waals surface area (Å²) in [5.41, 5.74) is 22.0. The summed E-state index contributed by atoms with van der Waals surface area (Å²) in [5.74, 6) is 1.35. The number of halogens is 3. The fourth-order valence-corrected chi connectivity index (χ4v) is 12.2. The number of amides is 3. The highest BCUT2D eigenvalue weighted by Gasteiger charge is 2.36. The molecule has 3 aliphatic rings. The van der Waals surface area contributed by atoms with Crippen molar-refractivity contribution in [1.29, 1.82) is 14.3 Å². The summed E-state index contributed by atoms with van der Waals surface area (Å²) in [6, 6.07) is 21.4. The lowest BCUT2D eigenvalue weighted by Crippen LogP contribution is -2.27. The van der Waals surface area contributed by atoms with Gasteiger partial charge in [0.25, 0.3) is 0 Å². The Morgan fingerprint density at radius 3 is 0.880 bits per heavy atom. The molecule has 21 nitrogen and oxygen atoms in total. The van der Waals surface area contributed by atoms with E-state index in [-0.39, 0.29) is 87.2 Å². The van der Waals surface area contributed by atoms with E-state index >= 15 is 0 Å². The molecule has 3 aliphatic heterocycles. The van der Waals surface area contributed by atoms with E-state index in [2.05, 4.69) is 29.9 Å². The van der Waals surface area contributed by atoms with Gasteiger partial charge in [-0.3, -0.25) is 29.1 Å². The maximum Gasteiger partial charge on any atom is 0.233 e. The molecule has 27 heteroatoms. The van der Waals surface area contributed by atoms with Gasteiger partial charge in [-0.1, -0.05) is 92.0 Å². The summed E-state index contributed by atoms with van der Waals surface area (Å²) >= 11 is 17.7. The molecular formula is C48H54Cl3N15O6S3. The molecule has 9 N–H and O–H groups in total. The van der Waals surface area contributed by atoms with Crippen LogP contribution < -0.4 is 31.9 Å². The van der Waals surface area contributed by atoms with Crippen LogP contribution in [-0.2, 0) is 82.5 Å². The number of nitrogens with zero attached hydrogens (tertiary/aromatic N) is 9. The molecule has 396 valence electrons. The van der Waals surface area contributed by atoms with E-state index in [1.165, 1.54) is 14.7 Å². The topological polar surface area (TPSA) is 339 Å². The third-order valence-electron chi connectivity index (χ3n) is 11.8. The molecule has 0 aliphatic carbocycles. The standard InChI is InChI=1S/3C16H18ClN5O2S/c3*1-2-7-25(19,24)16-20-14(18)12-8-13(23)22(15(12)21-16)9-10-3-5-11(17)6-4-10/h3*3-6,19H,2,7-9H2,1H3,(H2,18,20,21)/t2*25-;/m10./s1. The van der Waals surface area contributed by atoms with Crippen molar-refractivity contribution in [2.45, 2.75) is 94.4 Å². The zero-order valence-corrected chi connectivity index (χ0v) is 45.7. The quantitative estimate of drug-likeness (QED) is 0.0533. The van der Waals surface area contributed by atoms with Crippen LogP contribution in [0.2, 0.25) is 15.1 Å². The SMILES string of the molecule is CCCS(=N)(=O)c1nc(N)c2c(n1)N(Cc1ccc(Cl)cc1)C(=O)C2.CCC[S@@](=N)(=O)c1nc(N)c2c(n1)N(Cc1ccc(Cl)cc1)C(=O)C2.CCC[S@](=N)(=O)c1nc(N)c2c(n1)N(Cc1ccc(Cl)cc1)C(=O)C2. The minimum Gasteiger partial charge on any atom is -0.383 e. The summed E-state index contributed by atoms with van der Waals surface area (Å²) in [5, 5.41) is 1.50. The third-order valence-corrected chi connectivity index (χ3v) is 17.8. The smallest absolute Gasteiger partial charge is 0.233 e. The van der Waals surface area contributed by atoms with Crippen LogP contribution in [0.3, 0.4) is 0 Å². The first-order valence-corrected chi connectivity index (χ1v) is 29.7. The normalized spacial score (nSPS) is 15.9. The van der Waals surface area contributed by atoms with Crippen LogP contribution in [0.15, 0.2) is 88.3 Å². The summed E-state index contributed by atoms with van der Waals surface area (Å²) < 4.78 is 61.5. The van der Waals surface area contributed by atoms with Crippen LogP contribution in [0.5, 0.6) is 0 Å². The van der Waals surface area contributed by atoms with Gasteiger partial charge >= 0.3 is 0 Å². The molecule has 0 fully saturated rings. The van der Waals surface area contributed by atoms with Crippen molar-refractivity contribution in [3.8, 4) is 0 Å². The number of carbonyl (C=O) groups excluding carboxylic acids is 3. The van der Waals surface area contributed by atoms with Gasteiger partial charge in [0.05, 0.1) is 38.9 Å². The number of anilines is 6. The van der Waals surface area contributed by atoms with Gasteiger partial charge in [-0.15, -0.1) is 0 Å². The van der Waals surface area contributed by atoms with Crippen LogP contribution in [-0.4, -0.2) is 77.5 Å². The summed E-state index contributed by atoms with van der Waals surface area (Å²) in [6.45, 7) is 6.40. The number of hydrogen-bond donors (Lipinski definition) is 6. The molecule has 0 saturated carbocycles. The van der Waals surface area contributed by atoms with E-state index in [1.807, 2.05) is 57.2 Å². The Balaban J connectivity index is 0.000000164. The second-order valence-electron chi connectivity index (χ2n) is 17.6. The van der Waals surface area contributed by atoms with Gasteiger partial charge in [0, 0.05) is 49.0 Å². The van der Waals surface area contributed by atoms with Crippen molar-refractivity contribution >= 4 is 117 Å². The maximum atomic E-state index is 12.5. The van der Waals surface area contributed by atoms with E-state index in [0.29, 0.717) is 88.1 Å². The largest absolute Gasteiger partial charge is 0.383 e. The van der Waals surface area contributed by atoms with Crippen molar-refractivity contribution in [1.82, 2.24) is 29.9 Å². The first-order chi connectivity index (χ1) is 35.4. The van der Waals surface area contributed by atoms with Crippen molar-refractivity contribution < 1.29 is 27.0 Å².